The second-order valence-electron chi connectivity index (χ2n) is 6.34. The number of nitrogens with one attached hydrogen (secondary N) is 1. The molecule has 2 aromatic carbocycles. The lowest BCUT2D eigenvalue weighted by Crippen LogP contribution is -2.22. The Morgan fingerprint density at radius 2 is 1.89 bits per heavy atom. The number of aromatic nitrogens is 3. The van der Waals surface area contributed by atoms with Crippen LogP contribution in [0.2, 0.25) is 0 Å². The number of thioether (sulfide) groups is 1. The van der Waals surface area contributed by atoms with E-state index in [9.17, 15) is 4.79 Å². The molecule has 7 heteroatoms. The molecular weight excluding hydrogens is 372 g/mol. The number of hydrogen-bond acceptors (Lipinski definition) is 5. The lowest BCUT2D eigenvalue weighted by atomic mass is 10.1. The van der Waals surface area contributed by atoms with Crippen molar-refractivity contribution in [2.24, 2.45) is 0 Å². The summed E-state index contributed by atoms with van der Waals surface area (Å²) in [5.41, 5.74) is 2.93. The third-order valence-electron chi connectivity index (χ3n) is 4.43. The highest BCUT2D eigenvalue weighted by atomic mass is 32.2. The van der Waals surface area contributed by atoms with Gasteiger partial charge in [0.05, 0.1) is 12.4 Å². The van der Waals surface area contributed by atoms with Gasteiger partial charge in [-0.25, -0.2) is 0 Å². The molecule has 0 aliphatic heterocycles. The molecular formula is C21H24N4O2S. The van der Waals surface area contributed by atoms with Gasteiger partial charge in [-0.05, 0) is 50.6 Å². The van der Waals surface area contributed by atoms with E-state index < -0.39 is 0 Å². The summed E-state index contributed by atoms with van der Waals surface area (Å²) in [4.78, 5) is 12.6. The molecule has 0 aliphatic carbocycles. The maximum Gasteiger partial charge on any atom is 0.237 e. The van der Waals surface area contributed by atoms with Gasteiger partial charge in [-0.1, -0.05) is 36.0 Å². The molecule has 0 unspecified atom stereocenters. The van der Waals surface area contributed by atoms with Crippen LogP contribution in [-0.2, 0) is 11.3 Å². The van der Waals surface area contributed by atoms with Crippen molar-refractivity contribution in [3.63, 3.8) is 0 Å². The minimum absolute atomic E-state index is 0.0849. The Kier molecular flexibility index (Phi) is 6.36. The van der Waals surface area contributed by atoms with Gasteiger partial charge in [-0.3, -0.25) is 4.79 Å². The van der Waals surface area contributed by atoms with Crippen LogP contribution in [-0.4, -0.2) is 33.0 Å². The van der Waals surface area contributed by atoms with Crippen LogP contribution in [0.4, 0.5) is 5.69 Å². The summed E-state index contributed by atoms with van der Waals surface area (Å²) >= 11 is 1.40. The van der Waals surface area contributed by atoms with Crippen LogP contribution in [0.5, 0.6) is 5.75 Å². The Morgan fingerprint density at radius 3 is 2.54 bits per heavy atom. The zero-order valence-corrected chi connectivity index (χ0v) is 17.3. The number of carbonyl (C=O) groups excluding carboxylic acids is 1. The van der Waals surface area contributed by atoms with E-state index in [1.807, 2.05) is 54.0 Å². The summed E-state index contributed by atoms with van der Waals surface area (Å²) in [5, 5.41) is 12.1. The van der Waals surface area contributed by atoms with E-state index in [0.717, 1.165) is 40.1 Å². The first-order chi connectivity index (χ1) is 13.5. The summed E-state index contributed by atoms with van der Waals surface area (Å²) < 4.78 is 7.18. The van der Waals surface area contributed by atoms with E-state index in [4.69, 9.17) is 4.74 Å². The van der Waals surface area contributed by atoms with Crippen LogP contribution < -0.4 is 10.1 Å². The Labute approximate surface area is 169 Å². The predicted molar refractivity (Wildman–Crippen MR) is 113 cm³/mol. The fraction of sp³-hybridized carbons (Fsp3) is 0.286. The zero-order chi connectivity index (χ0) is 20.1. The van der Waals surface area contributed by atoms with Gasteiger partial charge in [-0.15, -0.1) is 10.2 Å². The molecule has 0 spiro atoms. The van der Waals surface area contributed by atoms with Crippen molar-refractivity contribution >= 4 is 23.4 Å². The molecule has 6 nitrogen and oxygen atoms in total. The second-order valence-corrected chi connectivity index (χ2v) is 7.65. The first-order valence-corrected chi connectivity index (χ1v) is 10.0. The summed E-state index contributed by atoms with van der Waals surface area (Å²) in [6, 6.07) is 15.4. The number of hydrogen-bond donors (Lipinski definition) is 1. The maximum absolute atomic E-state index is 12.6. The molecule has 0 saturated carbocycles. The molecule has 1 aromatic heterocycles. The summed E-state index contributed by atoms with van der Waals surface area (Å²) in [6.45, 7) is 6.70. The molecule has 3 aromatic rings. The highest BCUT2D eigenvalue weighted by Crippen LogP contribution is 2.29. The molecule has 1 atom stereocenters. The average Bonchev–Trinajstić information content (AvgIpc) is 3.11. The van der Waals surface area contributed by atoms with Crippen molar-refractivity contribution < 1.29 is 9.53 Å². The van der Waals surface area contributed by atoms with Crippen molar-refractivity contribution in [2.75, 3.05) is 12.4 Å². The molecule has 0 saturated heterocycles. The molecule has 28 heavy (non-hydrogen) atoms. The molecule has 1 amide bonds. The number of aryl methyl sites for hydroxylation is 1. The Morgan fingerprint density at radius 1 is 1.18 bits per heavy atom. The molecule has 1 N–H and O–H groups in total. The van der Waals surface area contributed by atoms with Crippen LogP contribution in [0, 0.1) is 6.92 Å². The van der Waals surface area contributed by atoms with E-state index in [0.29, 0.717) is 0 Å². The van der Waals surface area contributed by atoms with Gasteiger partial charge in [0.1, 0.15) is 5.75 Å². The van der Waals surface area contributed by atoms with E-state index in [-0.39, 0.29) is 11.2 Å². The van der Waals surface area contributed by atoms with Gasteiger partial charge in [0, 0.05) is 17.8 Å². The number of rotatable bonds is 7. The first-order valence-electron chi connectivity index (χ1n) is 9.14. The smallest absolute Gasteiger partial charge is 0.237 e. The number of methoxy groups -OCH3 is 1. The van der Waals surface area contributed by atoms with Gasteiger partial charge >= 0.3 is 0 Å². The maximum atomic E-state index is 12.6. The largest absolute Gasteiger partial charge is 0.497 e. The molecule has 0 radical (unpaired) electrons. The standard InChI is InChI=1S/C21H24N4O2S/c1-5-25-19(18-9-7-6-8-14(18)2)23-24-21(25)28-15(3)20(26)22-16-10-12-17(27-4)13-11-16/h6-13,15H,5H2,1-4H3,(H,22,26)/t15-/m1/s1. The van der Waals surface area contributed by atoms with E-state index >= 15 is 0 Å². The van der Waals surface area contributed by atoms with Crippen molar-refractivity contribution in [1.29, 1.82) is 0 Å². The van der Waals surface area contributed by atoms with Crippen LogP contribution in [0.25, 0.3) is 11.4 Å². The third-order valence-corrected chi connectivity index (χ3v) is 5.51. The lowest BCUT2D eigenvalue weighted by Gasteiger charge is -2.13. The Hall–Kier alpha value is -2.80. The van der Waals surface area contributed by atoms with E-state index in [2.05, 4.69) is 35.4 Å². The molecule has 0 aliphatic rings. The minimum atomic E-state index is -0.318. The quantitative estimate of drug-likeness (QED) is 0.600. The van der Waals surface area contributed by atoms with Crippen LogP contribution >= 0.6 is 11.8 Å². The number of amides is 1. The number of benzene rings is 2. The van der Waals surface area contributed by atoms with Crippen molar-refractivity contribution in [1.82, 2.24) is 14.8 Å². The number of carbonyl (C=O) groups is 1. The van der Waals surface area contributed by atoms with Gasteiger partial charge in [0.2, 0.25) is 5.91 Å². The summed E-state index contributed by atoms with van der Waals surface area (Å²) in [6.07, 6.45) is 0. The highest BCUT2D eigenvalue weighted by molar-refractivity contribution is 8.00. The van der Waals surface area contributed by atoms with Crippen LogP contribution in [0.3, 0.4) is 0 Å². The number of ether oxygens (including phenoxy) is 1. The molecule has 3 rings (SSSR count). The molecule has 1 heterocycles. The van der Waals surface area contributed by atoms with Crippen molar-refractivity contribution in [3.05, 3.63) is 54.1 Å². The normalized spacial score (nSPS) is 11.9. The molecule has 0 bridgehead atoms. The third kappa shape index (κ3) is 4.36. The SMILES string of the molecule is CCn1c(S[C@H](C)C(=O)Nc2ccc(OC)cc2)nnc1-c1ccccc1C. The van der Waals surface area contributed by atoms with Crippen molar-refractivity contribution in [3.8, 4) is 17.1 Å². The highest BCUT2D eigenvalue weighted by Gasteiger charge is 2.21. The molecule has 146 valence electrons. The van der Waals surface area contributed by atoms with Crippen LogP contribution in [0.15, 0.2) is 53.7 Å². The van der Waals surface area contributed by atoms with E-state index in [1.54, 1.807) is 7.11 Å². The lowest BCUT2D eigenvalue weighted by molar-refractivity contribution is -0.115. The second kappa shape index (κ2) is 8.93. The minimum Gasteiger partial charge on any atom is -0.497 e. The predicted octanol–water partition coefficient (Wildman–Crippen LogP) is 4.40. The van der Waals surface area contributed by atoms with Gasteiger partial charge in [-0.2, -0.15) is 0 Å². The Bertz CT molecular complexity index is 953. The summed E-state index contributed by atoms with van der Waals surface area (Å²) in [7, 11) is 1.61. The van der Waals surface area contributed by atoms with Gasteiger partial charge in [0.15, 0.2) is 11.0 Å². The van der Waals surface area contributed by atoms with Gasteiger partial charge < -0.3 is 14.6 Å². The Balaban J connectivity index is 1.73. The topological polar surface area (TPSA) is 69.0 Å². The number of anilines is 1. The zero-order valence-electron chi connectivity index (χ0n) is 16.5. The molecule has 0 fully saturated rings. The number of nitrogens with zero attached hydrogens (tertiary/aromatic N) is 3. The fourth-order valence-electron chi connectivity index (χ4n) is 2.81. The van der Waals surface area contributed by atoms with Crippen LogP contribution in [0.1, 0.15) is 19.4 Å². The van der Waals surface area contributed by atoms with Crippen molar-refractivity contribution in [2.45, 2.75) is 37.7 Å². The van der Waals surface area contributed by atoms with E-state index in [1.165, 1.54) is 11.8 Å². The first kappa shape index (κ1) is 19.9. The monoisotopic (exact) mass is 396 g/mol. The summed E-state index contributed by atoms with van der Waals surface area (Å²) in [5.74, 6) is 1.49. The average molecular weight is 397 g/mol. The fourth-order valence-corrected chi connectivity index (χ4v) is 3.73. The van der Waals surface area contributed by atoms with Gasteiger partial charge in [0.25, 0.3) is 0 Å².